The lowest BCUT2D eigenvalue weighted by Crippen LogP contribution is -2.18. The molecule has 1 atom stereocenters. The second-order valence-electron chi connectivity index (χ2n) is 9.33. The van der Waals surface area contributed by atoms with E-state index in [1.165, 1.54) is 23.1 Å². The maximum absolute atomic E-state index is 12.9. The van der Waals surface area contributed by atoms with Crippen molar-refractivity contribution in [2.75, 3.05) is 17.7 Å². The minimum atomic E-state index is -3.60. The summed E-state index contributed by atoms with van der Waals surface area (Å²) in [5, 5.41) is 12.1. The zero-order valence-electron chi connectivity index (χ0n) is 21.9. The molecule has 204 valence electrons. The summed E-state index contributed by atoms with van der Waals surface area (Å²) in [7, 11) is -3.60. The second kappa shape index (κ2) is 12.0. The molecule has 1 aliphatic rings. The number of sulfone groups is 1. The Bertz CT molecular complexity index is 1430. The fourth-order valence-electron chi connectivity index (χ4n) is 4.40. The van der Waals surface area contributed by atoms with Crippen molar-refractivity contribution in [1.29, 1.82) is 0 Å². The Morgan fingerprint density at radius 3 is 2.63 bits per heavy atom. The van der Waals surface area contributed by atoms with Crippen LogP contribution in [0.2, 0.25) is 0 Å². The predicted octanol–water partition coefficient (Wildman–Crippen LogP) is 4.67. The summed E-state index contributed by atoms with van der Waals surface area (Å²) in [4.78, 5) is 27.0. The van der Waals surface area contributed by atoms with Crippen molar-refractivity contribution >= 4 is 49.8 Å². The van der Waals surface area contributed by atoms with Crippen LogP contribution in [0.5, 0.6) is 0 Å². The van der Waals surface area contributed by atoms with Crippen LogP contribution in [-0.4, -0.2) is 47.4 Å². The molecule has 0 fully saturated rings. The molecule has 1 N–H and O–H groups in total. The third-order valence-corrected chi connectivity index (χ3v) is 10.2. The van der Waals surface area contributed by atoms with Crippen LogP contribution in [0.3, 0.4) is 0 Å². The van der Waals surface area contributed by atoms with Gasteiger partial charge in [0.1, 0.15) is 16.6 Å². The lowest BCUT2D eigenvalue weighted by atomic mass is 9.88. The van der Waals surface area contributed by atoms with Gasteiger partial charge in [-0.2, -0.15) is 0 Å². The van der Waals surface area contributed by atoms with E-state index in [-0.39, 0.29) is 28.9 Å². The number of hydrogen-bond acceptors (Lipinski definition) is 9. The minimum Gasteiger partial charge on any atom is -0.462 e. The summed E-state index contributed by atoms with van der Waals surface area (Å²) in [6, 6.07) is 6.69. The molecule has 4 rings (SSSR count). The van der Waals surface area contributed by atoms with Gasteiger partial charge in [-0.25, -0.2) is 13.2 Å². The molecule has 38 heavy (non-hydrogen) atoms. The van der Waals surface area contributed by atoms with Gasteiger partial charge in [-0.05, 0) is 63.6 Å². The van der Waals surface area contributed by atoms with E-state index >= 15 is 0 Å². The van der Waals surface area contributed by atoms with Crippen LogP contribution < -0.4 is 5.32 Å². The Labute approximate surface area is 231 Å². The van der Waals surface area contributed by atoms with Crippen molar-refractivity contribution in [3.8, 4) is 0 Å². The number of rotatable bonds is 10. The number of carbonyl (C=O) groups is 2. The van der Waals surface area contributed by atoms with E-state index in [2.05, 4.69) is 22.4 Å². The topological polar surface area (TPSA) is 120 Å². The highest BCUT2D eigenvalue weighted by Crippen LogP contribution is 2.40. The van der Waals surface area contributed by atoms with Gasteiger partial charge in [0, 0.05) is 11.4 Å². The monoisotopic (exact) mass is 576 g/mol. The zero-order valence-corrected chi connectivity index (χ0v) is 24.4. The number of aryl methyl sites for hydroxylation is 1. The summed E-state index contributed by atoms with van der Waals surface area (Å²) in [6.45, 7) is 8.44. The maximum Gasteiger partial charge on any atom is 0.341 e. The number of aromatic nitrogens is 3. The summed E-state index contributed by atoms with van der Waals surface area (Å²) >= 11 is 2.62. The number of hydrogen-bond donors (Lipinski definition) is 1. The summed E-state index contributed by atoms with van der Waals surface area (Å²) in [6.07, 6.45) is 2.67. The Morgan fingerprint density at radius 1 is 1.21 bits per heavy atom. The van der Waals surface area contributed by atoms with E-state index in [9.17, 15) is 18.0 Å². The summed E-state index contributed by atoms with van der Waals surface area (Å²) < 4.78 is 32.8. The first-order valence-electron chi connectivity index (χ1n) is 12.6. The lowest BCUT2D eigenvalue weighted by Gasteiger charge is -2.18. The van der Waals surface area contributed by atoms with Crippen LogP contribution in [0.25, 0.3) is 0 Å². The summed E-state index contributed by atoms with van der Waals surface area (Å²) in [5.41, 5.74) is 2.43. The number of ether oxygens (including phenoxy) is 1. The number of anilines is 1. The molecule has 0 spiro atoms. The third-order valence-electron chi connectivity index (χ3n) is 6.39. The average molecular weight is 577 g/mol. The van der Waals surface area contributed by atoms with Gasteiger partial charge in [0.15, 0.2) is 15.0 Å². The van der Waals surface area contributed by atoms with Crippen molar-refractivity contribution in [3.63, 3.8) is 0 Å². The van der Waals surface area contributed by atoms with Gasteiger partial charge < -0.3 is 14.6 Å². The smallest absolute Gasteiger partial charge is 0.341 e. The first kappa shape index (κ1) is 28.3. The Balaban J connectivity index is 1.46. The molecular weight excluding hydrogens is 545 g/mol. The van der Waals surface area contributed by atoms with Crippen LogP contribution in [-0.2, 0) is 44.5 Å². The first-order chi connectivity index (χ1) is 18.1. The van der Waals surface area contributed by atoms with E-state index in [1.54, 1.807) is 35.8 Å². The number of fused-ring (bicyclic) bond motifs is 1. The van der Waals surface area contributed by atoms with Gasteiger partial charge in [0.05, 0.1) is 22.8 Å². The molecule has 0 radical (unpaired) electrons. The fraction of sp³-hybridized carbons (Fsp3) is 0.462. The van der Waals surface area contributed by atoms with Gasteiger partial charge in [-0.3, -0.25) is 4.79 Å². The normalized spacial score (nSPS) is 15.2. The maximum atomic E-state index is 12.9. The number of benzene rings is 1. The highest BCUT2D eigenvalue weighted by Gasteiger charge is 2.29. The molecule has 0 saturated carbocycles. The first-order valence-corrected chi connectivity index (χ1v) is 16.0. The van der Waals surface area contributed by atoms with Gasteiger partial charge >= 0.3 is 5.97 Å². The van der Waals surface area contributed by atoms with Crippen LogP contribution in [0, 0.1) is 12.8 Å². The van der Waals surface area contributed by atoms with E-state index in [1.807, 2.05) is 13.8 Å². The average Bonchev–Trinajstić information content (AvgIpc) is 3.42. The van der Waals surface area contributed by atoms with Gasteiger partial charge in [0.2, 0.25) is 5.91 Å². The van der Waals surface area contributed by atoms with Gasteiger partial charge in [-0.15, -0.1) is 21.5 Å². The number of nitrogens with one attached hydrogen (secondary N) is 1. The molecule has 1 unspecified atom stereocenters. The van der Waals surface area contributed by atoms with E-state index in [4.69, 9.17) is 4.74 Å². The number of carbonyl (C=O) groups excluding carboxylic acids is 2. The van der Waals surface area contributed by atoms with Crippen LogP contribution in [0.15, 0.2) is 34.3 Å². The van der Waals surface area contributed by atoms with Crippen molar-refractivity contribution in [2.45, 2.75) is 69.3 Å². The largest absolute Gasteiger partial charge is 0.462 e. The number of esters is 1. The van der Waals surface area contributed by atoms with Gasteiger partial charge in [0.25, 0.3) is 0 Å². The van der Waals surface area contributed by atoms with Crippen molar-refractivity contribution in [2.24, 2.45) is 5.92 Å². The van der Waals surface area contributed by atoms with Crippen LogP contribution in [0.4, 0.5) is 5.00 Å². The molecule has 9 nitrogen and oxygen atoms in total. The zero-order chi connectivity index (χ0) is 27.4. The number of nitrogens with zero attached hydrogens (tertiary/aromatic N) is 3. The molecule has 0 aliphatic heterocycles. The Hall–Kier alpha value is -2.70. The van der Waals surface area contributed by atoms with Crippen molar-refractivity contribution in [1.82, 2.24) is 14.8 Å². The highest BCUT2D eigenvalue weighted by atomic mass is 32.2. The standard InChI is InChI=1S/C26H32N4O5S3/c1-5-30-21(15-38(33,34)18-10-7-16(3)8-11-18)28-29-26(30)36-14-22(31)27-24-23(25(32)35-6-2)19-12-9-17(4)13-20(19)37-24/h7-8,10-11,17H,5-6,9,12-15H2,1-4H3,(H,27,31). The second-order valence-corrected chi connectivity index (χ2v) is 13.4. The van der Waals surface area contributed by atoms with E-state index < -0.39 is 15.8 Å². The molecule has 1 aromatic carbocycles. The molecule has 2 heterocycles. The van der Waals surface area contributed by atoms with Crippen molar-refractivity contribution < 1.29 is 22.7 Å². The number of thioether (sulfide) groups is 1. The number of thiophene rings is 1. The molecule has 1 aliphatic carbocycles. The van der Waals surface area contributed by atoms with Crippen LogP contribution >= 0.6 is 23.1 Å². The van der Waals surface area contributed by atoms with Crippen LogP contribution in [0.1, 0.15) is 59.4 Å². The molecule has 0 bridgehead atoms. The van der Waals surface area contributed by atoms with E-state index in [0.717, 1.165) is 35.3 Å². The molecule has 0 saturated heterocycles. The third kappa shape index (κ3) is 6.29. The highest BCUT2D eigenvalue weighted by molar-refractivity contribution is 7.99. The fourth-order valence-corrected chi connectivity index (χ4v) is 7.91. The molecule has 2 aromatic heterocycles. The number of amides is 1. The summed E-state index contributed by atoms with van der Waals surface area (Å²) in [5.74, 6) is -0.102. The quantitative estimate of drug-likeness (QED) is 0.273. The minimum absolute atomic E-state index is 0.0318. The Kier molecular flexibility index (Phi) is 8.94. The Morgan fingerprint density at radius 2 is 1.95 bits per heavy atom. The SMILES string of the molecule is CCOC(=O)c1c(NC(=O)CSc2nnc(CS(=O)(=O)c3ccc(C)cc3)n2CC)sc2c1CCC(C)C2. The van der Waals surface area contributed by atoms with Crippen molar-refractivity contribution in [3.05, 3.63) is 51.7 Å². The van der Waals surface area contributed by atoms with Gasteiger partial charge in [-0.1, -0.05) is 36.4 Å². The molecule has 1 amide bonds. The molecular formula is C26H32N4O5S3. The lowest BCUT2D eigenvalue weighted by molar-refractivity contribution is -0.113. The molecule has 3 aromatic rings. The molecule has 12 heteroatoms. The van der Waals surface area contributed by atoms with E-state index in [0.29, 0.717) is 34.0 Å². The predicted molar refractivity (Wildman–Crippen MR) is 149 cm³/mol.